The van der Waals surface area contributed by atoms with E-state index in [0.717, 1.165) is 27.9 Å². The van der Waals surface area contributed by atoms with Crippen molar-refractivity contribution in [3.05, 3.63) is 57.7 Å². The predicted octanol–water partition coefficient (Wildman–Crippen LogP) is 5.99. The second-order valence-corrected chi connectivity index (χ2v) is 6.85. The minimum Gasteiger partial charge on any atom is -0.349 e. The summed E-state index contributed by atoms with van der Waals surface area (Å²) in [7, 11) is 1.91. The van der Waals surface area contributed by atoms with Crippen molar-refractivity contribution < 1.29 is 8.78 Å². The van der Waals surface area contributed by atoms with Crippen LogP contribution in [0.5, 0.6) is 0 Å². The molecule has 2 aromatic carbocycles. The minimum atomic E-state index is -0.524. The molecule has 22 heavy (non-hydrogen) atoms. The quantitative estimate of drug-likeness (QED) is 0.427. The average Bonchev–Trinajstić information content (AvgIpc) is 2.77. The number of fused-ring (bicyclic) bond motifs is 1. The zero-order chi connectivity index (χ0) is 15.9. The number of halogens is 4. The molecule has 0 radical (unpaired) electrons. The first-order chi connectivity index (χ1) is 10.5. The van der Waals surface area contributed by atoms with Gasteiger partial charge in [0.1, 0.15) is 11.6 Å². The Morgan fingerprint density at radius 3 is 2.73 bits per heavy atom. The summed E-state index contributed by atoms with van der Waals surface area (Å²) in [5, 5.41) is 1.64. The van der Waals surface area contributed by atoms with Gasteiger partial charge in [-0.3, -0.25) is 0 Å². The van der Waals surface area contributed by atoms with Crippen molar-refractivity contribution in [2.45, 2.75) is 4.90 Å². The van der Waals surface area contributed by atoms with E-state index in [-0.39, 0.29) is 10.2 Å². The lowest BCUT2D eigenvalue weighted by Crippen LogP contribution is -1.93. The molecule has 0 atom stereocenters. The van der Waals surface area contributed by atoms with Gasteiger partial charge in [-0.2, -0.15) is 0 Å². The monoisotopic (exact) mass is 402 g/mol. The van der Waals surface area contributed by atoms with Crippen molar-refractivity contribution >= 4 is 56.1 Å². The molecule has 0 saturated heterocycles. The van der Waals surface area contributed by atoms with Crippen LogP contribution in [-0.2, 0) is 7.05 Å². The fourth-order valence-electron chi connectivity index (χ4n) is 2.11. The topological polar surface area (TPSA) is 17.0 Å². The van der Waals surface area contributed by atoms with Crippen molar-refractivity contribution in [3.8, 4) is 0 Å². The molecule has 1 heterocycles. The largest absolute Gasteiger partial charge is 0.349 e. The number of hydrogen-bond acceptors (Lipinski definition) is 2. The standard InChI is InChI=1S/C15H10BrClF2N2S/c1-21-7-15(9-3-2-8(17)4-14(9)21)22-20-13-6-11(18)10(16)5-12(13)19/h2-7,20H,1H3. The van der Waals surface area contributed by atoms with Gasteiger partial charge in [0.25, 0.3) is 0 Å². The summed E-state index contributed by atoms with van der Waals surface area (Å²) in [6.45, 7) is 0. The summed E-state index contributed by atoms with van der Waals surface area (Å²) >= 11 is 10.2. The summed E-state index contributed by atoms with van der Waals surface area (Å²) < 4.78 is 32.2. The van der Waals surface area contributed by atoms with Gasteiger partial charge in [0.2, 0.25) is 0 Å². The summed E-state index contributed by atoms with van der Waals surface area (Å²) in [4.78, 5) is 0.900. The highest BCUT2D eigenvalue weighted by atomic mass is 79.9. The van der Waals surface area contributed by atoms with Crippen LogP contribution in [0.4, 0.5) is 14.5 Å². The van der Waals surface area contributed by atoms with Crippen molar-refractivity contribution in [1.82, 2.24) is 4.57 Å². The van der Waals surface area contributed by atoms with Crippen molar-refractivity contribution in [2.75, 3.05) is 4.72 Å². The number of nitrogens with zero attached hydrogens (tertiary/aromatic N) is 1. The van der Waals surface area contributed by atoms with Crippen LogP contribution in [0.25, 0.3) is 10.9 Å². The van der Waals surface area contributed by atoms with Crippen LogP contribution in [-0.4, -0.2) is 4.57 Å². The molecule has 0 aliphatic heterocycles. The molecule has 1 aromatic heterocycles. The van der Waals surface area contributed by atoms with Crippen LogP contribution in [0.3, 0.4) is 0 Å². The highest BCUT2D eigenvalue weighted by Crippen LogP contribution is 2.33. The number of aryl methyl sites for hydroxylation is 1. The van der Waals surface area contributed by atoms with Crippen molar-refractivity contribution in [2.24, 2.45) is 7.05 Å². The molecule has 0 aliphatic carbocycles. The van der Waals surface area contributed by atoms with Gasteiger partial charge in [0.15, 0.2) is 0 Å². The van der Waals surface area contributed by atoms with E-state index in [1.54, 1.807) is 6.07 Å². The molecule has 114 valence electrons. The van der Waals surface area contributed by atoms with Gasteiger partial charge in [-0.05, 0) is 46.1 Å². The lowest BCUT2D eigenvalue weighted by atomic mass is 10.2. The maximum atomic E-state index is 13.8. The van der Waals surface area contributed by atoms with Crippen LogP contribution in [0.1, 0.15) is 0 Å². The molecule has 0 spiro atoms. The first kappa shape index (κ1) is 15.6. The third-order valence-corrected chi connectivity index (χ3v) is 4.91. The molecule has 3 rings (SSSR count). The van der Waals surface area contributed by atoms with Gasteiger partial charge in [-0.15, -0.1) is 0 Å². The Labute approximate surface area is 143 Å². The Balaban J connectivity index is 1.90. The highest BCUT2D eigenvalue weighted by Gasteiger charge is 2.11. The van der Waals surface area contributed by atoms with E-state index in [4.69, 9.17) is 11.6 Å². The van der Waals surface area contributed by atoms with Crippen LogP contribution in [0.15, 0.2) is 45.9 Å². The molecule has 7 heteroatoms. The second kappa shape index (κ2) is 6.10. The average molecular weight is 404 g/mol. The molecule has 0 bridgehead atoms. The molecule has 1 N–H and O–H groups in total. The molecule has 0 saturated carbocycles. The van der Waals surface area contributed by atoms with Gasteiger partial charge in [-0.1, -0.05) is 17.7 Å². The number of rotatable bonds is 3. The van der Waals surface area contributed by atoms with Gasteiger partial charge < -0.3 is 9.29 Å². The third kappa shape index (κ3) is 2.95. The zero-order valence-electron chi connectivity index (χ0n) is 11.3. The van der Waals surface area contributed by atoms with Crippen LogP contribution in [0, 0.1) is 11.6 Å². The van der Waals surface area contributed by atoms with Crippen LogP contribution in [0.2, 0.25) is 5.02 Å². The van der Waals surface area contributed by atoms with Crippen LogP contribution < -0.4 is 4.72 Å². The fourth-order valence-corrected chi connectivity index (χ4v) is 3.46. The maximum absolute atomic E-state index is 13.8. The number of aromatic nitrogens is 1. The molecule has 2 nitrogen and oxygen atoms in total. The van der Waals surface area contributed by atoms with E-state index in [1.165, 1.54) is 11.9 Å². The Hall–Kier alpha value is -1.24. The van der Waals surface area contributed by atoms with Gasteiger partial charge in [-0.25, -0.2) is 8.78 Å². The molecule has 0 unspecified atom stereocenters. The zero-order valence-corrected chi connectivity index (χ0v) is 14.5. The lowest BCUT2D eigenvalue weighted by molar-refractivity contribution is 0.598. The predicted molar refractivity (Wildman–Crippen MR) is 91.5 cm³/mol. The third-order valence-electron chi connectivity index (χ3n) is 3.20. The fraction of sp³-hybridized carbons (Fsp3) is 0.0667. The van der Waals surface area contributed by atoms with E-state index >= 15 is 0 Å². The maximum Gasteiger partial charge on any atom is 0.148 e. The summed E-state index contributed by atoms with van der Waals surface area (Å²) in [5.41, 5.74) is 1.07. The number of nitrogens with one attached hydrogen (secondary N) is 1. The number of benzene rings is 2. The summed E-state index contributed by atoms with van der Waals surface area (Å²) in [6.07, 6.45) is 1.91. The Bertz CT molecular complexity index is 866. The Morgan fingerprint density at radius 2 is 1.95 bits per heavy atom. The van der Waals surface area contributed by atoms with E-state index in [2.05, 4.69) is 20.7 Å². The number of hydrogen-bond donors (Lipinski definition) is 1. The molecular weight excluding hydrogens is 394 g/mol. The van der Waals surface area contributed by atoms with Gasteiger partial charge in [0.05, 0.1) is 20.6 Å². The SMILES string of the molecule is Cn1cc(SNc2cc(F)c(Br)cc2F)c2ccc(Cl)cc21. The first-order valence-corrected chi connectivity index (χ1v) is 8.26. The molecule has 0 aliphatic rings. The molecular formula is C15H10BrClF2N2S. The molecule has 0 fully saturated rings. The van der Waals surface area contributed by atoms with Gasteiger partial charge in [0, 0.05) is 29.7 Å². The molecule has 3 aromatic rings. The summed E-state index contributed by atoms with van der Waals surface area (Å²) in [6, 6.07) is 7.78. The van der Waals surface area contributed by atoms with E-state index in [9.17, 15) is 8.78 Å². The Morgan fingerprint density at radius 1 is 1.18 bits per heavy atom. The van der Waals surface area contributed by atoms with E-state index in [1.807, 2.05) is 29.9 Å². The van der Waals surface area contributed by atoms with Crippen molar-refractivity contribution in [3.63, 3.8) is 0 Å². The number of anilines is 1. The normalized spacial score (nSPS) is 11.1. The molecule has 0 amide bonds. The summed E-state index contributed by atoms with van der Waals surface area (Å²) in [5.74, 6) is -1.04. The van der Waals surface area contributed by atoms with Crippen LogP contribution >= 0.6 is 39.5 Å². The van der Waals surface area contributed by atoms with Crippen molar-refractivity contribution in [1.29, 1.82) is 0 Å². The highest BCUT2D eigenvalue weighted by molar-refractivity contribution is 9.10. The minimum absolute atomic E-state index is 0.0941. The second-order valence-electron chi connectivity index (χ2n) is 4.72. The Kier molecular flexibility index (Phi) is 4.34. The lowest BCUT2D eigenvalue weighted by Gasteiger charge is -2.07. The smallest absolute Gasteiger partial charge is 0.148 e. The first-order valence-electron chi connectivity index (χ1n) is 6.27. The van der Waals surface area contributed by atoms with Gasteiger partial charge >= 0.3 is 0 Å². The van der Waals surface area contributed by atoms with E-state index < -0.39 is 11.6 Å². The van der Waals surface area contributed by atoms with E-state index in [0.29, 0.717) is 5.02 Å².